The van der Waals surface area contributed by atoms with Crippen LogP contribution in [-0.4, -0.2) is 17.1 Å². The molecule has 0 aliphatic heterocycles. The Morgan fingerprint density at radius 2 is 2.00 bits per heavy atom. The maximum Gasteiger partial charge on any atom is 0.186 e. The molecule has 29 heavy (non-hydrogen) atoms. The van der Waals surface area contributed by atoms with E-state index in [9.17, 15) is 4.55 Å². The summed E-state index contributed by atoms with van der Waals surface area (Å²) in [7, 11) is 0. The molecule has 1 aromatic heterocycles. The van der Waals surface area contributed by atoms with Crippen LogP contribution in [0.4, 0.5) is 0 Å². The van der Waals surface area contributed by atoms with Crippen LogP contribution in [0.1, 0.15) is 37.5 Å². The second kappa shape index (κ2) is 9.21. The van der Waals surface area contributed by atoms with Crippen molar-refractivity contribution in [3.05, 3.63) is 68.1 Å². The minimum Gasteiger partial charge on any atom is -0.611 e. The van der Waals surface area contributed by atoms with Gasteiger partial charge in [0.05, 0.1) is 10.7 Å². The summed E-state index contributed by atoms with van der Waals surface area (Å²) in [6, 6.07) is 12.3. The lowest BCUT2D eigenvalue weighted by molar-refractivity contribution is 0.305. The molecule has 0 radical (unpaired) electrons. The highest BCUT2D eigenvalue weighted by Gasteiger charge is 2.17. The Morgan fingerprint density at radius 1 is 1.24 bits per heavy atom. The molecule has 0 aliphatic carbocycles. The van der Waals surface area contributed by atoms with E-state index in [2.05, 4.69) is 54.9 Å². The molecule has 3 rings (SSSR count). The normalized spacial score (nSPS) is 13.7. The molecule has 2 aromatic carbocycles. The van der Waals surface area contributed by atoms with Crippen molar-refractivity contribution >= 4 is 55.9 Å². The van der Waals surface area contributed by atoms with Crippen LogP contribution in [0.25, 0.3) is 17.0 Å². The predicted molar refractivity (Wildman–Crippen MR) is 129 cm³/mol. The van der Waals surface area contributed by atoms with Crippen LogP contribution >= 0.6 is 27.7 Å². The van der Waals surface area contributed by atoms with Gasteiger partial charge in [-0.25, -0.2) is 0 Å². The van der Waals surface area contributed by atoms with Crippen LogP contribution < -0.4 is 4.74 Å². The quantitative estimate of drug-likeness (QED) is 0.343. The van der Waals surface area contributed by atoms with Crippen LogP contribution in [0.3, 0.4) is 0 Å². The third kappa shape index (κ3) is 5.43. The molecular formula is C23H25BrO3S2. The number of benzene rings is 2. The van der Waals surface area contributed by atoms with Crippen LogP contribution in [0.5, 0.6) is 5.75 Å². The van der Waals surface area contributed by atoms with Gasteiger partial charge >= 0.3 is 0 Å². The molecule has 6 heteroatoms. The van der Waals surface area contributed by atoms with Crippen molar-refractivity contribution < 1.29 is 13.7 Å². The zero-order valence-corrected chi connectivity index (χ0v) is 20.5. The molecule has 154 valence electrons. The molecule has 0 fully saturated rings. The van der Waals surface area contributed by atoms with E-state index in [0.717, 1.165) is 36.6 Å². The van der Waals surface area contributed by atoms with E-state index in [0.29, 0.717) is 6.61 Å². The lowest BCUT2D eigenvalue weighted by Gasteiger charge is -2.21. The van der Waals surface area contributed by atoms with Gasteiger partial charge in [-0.2, -0.15) is 0 Å². The number of hydrogen-bond acceptors (Lipinski definition) is 4. The summed E-state index contributed by atoms with van der Waals surface area (Å²) in [5.41, 5.74) is 4.02. The second-order valence-electron chi connectivity index (χ2n) is 7.83. The highest BCUT2D eigenvalue weighted by molar-refractivity contribution is 9.10. The van der Waals surface area contributed by atoms with Gasteiger partial charge in [0.15, 0.2) is 4.24 Å². The molecular weight excluding hydrogens is 468 g/mol. The summed E-state index contributed by atoms with van der Waals surface area (Å²) in [6.45, 7) is 6.97. The summed E-state index contributed by atoms with van der Waals surface area (Å²) < 4.78 is 25.5. The van der Waals surface area contributed by atoms with Gasteiger partial charge in [0.2, 0.25) is 0 Å². The molecule has 1 atom stereocenters. The predicted octanol–water partition coefficient (Wildman–Crippen LogP) is 7.11. The van der Waals surface area contributed by atoms with E-state index >= 15 is 0 Å². The van der Waals surface area contributed by atoms with Crippen LogP contribution in [-0.2, 0) is 23.2 Å². The molecule has 1 heterocycles. The van der Waals surface area contributed by atoms with E-state index in [-0.39, 0.29) is 5.41 Å². The molecule has 0 bridgehead atoms. The Morgan fingerprint density at radius 3 is 2.66 bits per heavy atom. The summed E-state index contributed by atoms with van der Waals surface area (Å²) in [4.78, 5) is 0. The molecule has 0 saturated carbocycles. The Kier molecular flexibility index (Phi) is 7.10. The Balaban J connectivity index is 1.95. The molecule has 0 aliphatic rings. The van der Waals surface area contributed by atoms with Crippen molar-refractivity contribution in [2.75, 3.05) is 12.5 Å². The monoisotopic (exact) mass is 492 g/mol. The fraction of sp³-hybridized carbons (Fsp3) is 0.304. The van der Waals surface area contributed by atoms with Gasteiger partial charge in [-0.1, -0.05) is 44.7 Å². The first kappa shape index (κ1) is 22.3. The van der Waals surface area contributed by atoms with Gasteiger partial charge in [-0.3, -0.25) is 0 Å². The molecule has 0 saturated heterocycles. The summed E-state index contributed by atoms with van der Waals surface area (Å²) in [6.07, 6.45) is 7.28. The van der Waals surface area contributed by atoms with E-state index in [4.69, 9.17) is 9.15 Å². The largest absolute Gasteiger partial charge is 0.611 e. The van der Waals surface area contributed by atoms with Gasteiger partial charge in [0.25, 0.3) is 0 Å². The third-order valence-electron chi connectivity index (χ3n) is 4.60. The molecule has 3 aromatic rings. The Bertz CT molecular complexity index is 1030. The van der Waals surface area contributed by atoms with E-state index in [1.807, 2.05) is 30.5 Å². The maximum atomic E-state index is 12.0. The SMILES string of the molecule is CS/C(=C\c1ccc(C(C)(C)C)cc1OCc1cc(Br)c2occc2c1)[S+](C)[O-]. The number of rotatable bonds is 6. The molecule has 0 amide bonds. The minimum absolute atomic E-state index is 0.00893. The minimum atomic E-state index is -1.04. The van der Waals surface area contributed by atoms with Crippen molar-refractivity contribution in [2.45, 2.75) is 32.8 Å². The van der Waals surface area contributed by atoms with Crippen molar-refractivity contribution in [2.24, 2.45) is 0 Å². The molecule has 0 N–H and O–H groups in total. The Labute approximate surface area is 188 Å². The first-order chi connectivity index (χ1) is 13.7. The summed E-state index contributed by atoms with van der Waals surface area (Å²) in [5, 5.41) is 1.03. The number of thioether (sulfide) groups is 1. The average molecular weight is 493 g/mol. The molecule has 3 nitrogen and oxygen atoms in total. The van der Waals surface area contributed by atoms with Crippen molar-refractivity contribution in [1.82, 2.24) is 0 Å². The first-order valence-electron chi connectivity index (χ1n) is 9.21. The van der Waals surface area contributed by atoms with Crippen LogP contribution in [0.15, 0.2) is 55.8 Å². The fourth-order valence-electron chi connectivity index (χ4n) is 2.97. The fourth-order valence-corrected chi connectivity index (χ4v) is 5.07. The van der Waals surface area contributed by atoms with Crippen molar-refractivity contribution in [3.63, 3.8) is 0 Å². The number of hydrogen-bond donors (Lipinski definition) is 0. The molecule has 1 unspecified atom stereocenters. The number of halogens is 1. The van der Waals surface area contributed by atoms with E-state index < -0.39 is 11.2 Å². The van der Waals surface area contributed by atoms with Crippen LogP contribution in [0.2, 0.25) is 0 Å². The topological polar surface area (TPSA) is 45.4 Å². The van der Waals surface area contributed by atoms with Gasteiger partial charge < -0.3 is 13.7 Å². The number of ether oxygens (including phenoxy) is 1. The Hall–Kier alpha value is -1.34. The van der Waals surface area contributed by atoms with E-state index in [1.54, 1.807) is 12.5 Å². The summed E-state index contributed by atoms with van der Waals surface area (Å²) in [5.74, 6) is 0.790. The maximum absolute atomic E-state index is 12.0. The van der Waals surface area contributed by atoms with Crippen molar-refractivity contribution in [3.8, 4) is 5.75 Å². The lowest BCUT2D eigenvalue weighted by Crippen LogP contribution is -2.11. The number of fused-ring (bicyclic) bond motifs is 1. The average Bonchev–Trinajstić information content (AvgIpc) is 3.13. The van der Waals surface area contributed by atoms with Gasteiger partial charge in [-0.05, 0) is 74.2 Å². The van der Waals surface area contributed by atoms with Gasteiger partial charge in [0.1, 0.15) is 24.2 Å². The third-order valence-corrected chi connectivity index (χ3v) is 7.60. The van der Waals surface area contributed by atoms with Gasteiger partial charge in [-0.15, -0.1) is 0 Å². The smallest absolute Gasteiger partial charge is 0.186 e. The standard InChI is InChI=1S/C23H25BrO3S2/c1-23(2,3)18-7-6-16(12-21(28-4)29(5)25)20(13-18)27-14-15-10-17-8-9-26-22(17)19(24)11-15/h6-13H,14H2,1-5H3/b21-12+. The second-order valence-corrected chi connectivity index (χ2v) is 11.1. The van der Waals surface area contributed by atoms with E-state index in [1.165, 1.54) is 17.3 Å². The van der Waals surface area contributed by atoms with Gasteiger partial charge in [0, 0.05) is 17.0 Å². The lowest BCUT2D eigenvalue weighted by atomic mass is 9.86. The summed E-state index contributed by atoms with van der Waals surface area (Å²) >= 11 is 4.03. The highest BCUT2D eigenvalue weighted by atomic mass is 79.9. The first-order valence-corrected chi connectivity index (χ1v) is 12.8. The molecule has 0 spiro atoms. The zero-order chi connectivity index (χ0) is 21.2. The zero-order valence-electron chi connectivity index (χ0n) is 17.2. The van der Waals surface area contributed by atoms with Crippen LogP contribution in [0, 0.1) is 0 Å². The highest BCUT2D eigenvalue weighted by Crippen LogP contribution is 2.33. The number of furan rings is 1. The van der Waals surface area contributed by atoms with Crippen molar-refractivity contribution in [1.29, 1.82) is 0 Å².